The molecule has 0 saturated heterocycles. The molecule has 0 saturated carbocycles. The average Bonchev–Trinajstić information content (AvgIpc) is 3.31. The van der Waals surface area contributed by atoms with Crippen LogP contribution >= 0.6 is 22.9 Å². The van der Waals surface area contributed by atoms with Crippen molar-refractivity contribution in [2.45, 2.75) is 33.4 Å². The number of ether oxygens (including phenoxy) is 4. The number of fused-ring (bicyclic) bond motifs is 1. The van der Waals surface area contributed by atoms with Crippen LogP contribution in [0.15, 0.2) is 81.7 Å². The Hall–Kier alpha value is -4.41. The van der Waals surface area contributed by atoms with Gasteiger partial charge in [0.1, 0.15) is 18.2 Å². The number of halogens is 2. The second-order valence-electron chi connectivity index (χ2n) is 9.70. The lowest BCUT2D eigenvalue weighted by Gasteiger charge is -2.24. The number of thiazole rings is 1. The van der Waals surface area contributed by atoms with Crippen LogP contribution in [-0.2, 0) is 16.1 Å². The van der Waals surface area contributed by atoms with Crippen molar-refractivity contribution >= 4 is 35.0 Å². The fourth-order valence-electron chi connectivity index (χ4n) is 4.87. The lowest BCUT2D eigenvalue weighted by molar-refractivity contribution is -0.139. The lowest BCUT2D eigenvalue weighted by Crippen LogP contribution is -2.39. The molecule has 44 heavy (non-hydrogen) atoms. The van der Waals surface area contributed by atoms with E-state index in [4.69, 9.17) is 30.5 Å². The first kappa shape index (κ1) is 31.0. The molecule has 2 heterocycles. The van der Waals surface area contributed by atoms with E-state index < -0.39 is 17.8 Å². The smallest absolute Gasteiger partial charge is 0.338 e. The standard InChI is InChI=1S/C33H30ClFN2O6S/c1-5-41-27-16-20(10-15-26(27)43-18-23-24(34)8-7-9-25(23)35)17-28-31(38)37-30(21-11-13-22(40-4)14-12-21)29(32(39)42-6-2)19(3)36-33(37)44-28/h7-17,30H,5-6,18H2,1-4H3/b28-17+/t30-/m0/s1. The molecule has 0 N–H and O–H groups in total. The van der Waals surface area contributed by atoms with Crippen LogP contribution in [-0.4, -0.2) is 30.9 Å². The molecule has 1 atom stereocenters. The molecular formula is C33H30ClFN2O6S. The van der Waals surface area contributed by atoms with E-state index in [9.17, 15) is 14.0 Å². The Bertz CT molecular complexity index is 1900. The van der Waals surface area contributed by atoms with Crippen LogP contribution in [0.2, 0.25) is 5.02 Å². The summed E-state index contributed by atoms with van der Waals surface area (Å²) in [4.78, 5) is 32.1. The molecule has 1 aliphatic rings. The quantitative estimate of drug-likeness (QED) is 0.211. The SMILES string of the molecule is CCOC(=O)C1=C(C)N=c2s/c(=C/c3ccc(OCc4c(F)cccc4Cl)c(OCC)c3)c(=O)n2[C@H]1c1ccc(OC)cc1. The zero-order valence-electron chi connectivity index (χ0n) is 24.6. The molecule has 8 nitrogen and oxygen atoms in total. The highest BCUT2D eigenvalue weighted by atomic mass is 35.5. The molecule has 228 valence electrons. The van der Waals surface area contributed by atoms with E-state index >= 15 is 0 Å². The van der Waals surface area contributed by atoms with Crippen molar-refractivity contribution in [3.63, 3.8) is 0 Å². The highest BCUT2D eigenvalue weighted by molar-refractivity contribution is 7.07. The molecule has 0 aliphatic carbocycles. The van der Waals surface area contributed by atoms with Crippen molar-refractivity contribution in [1.29, 1.82) is 0 Å². The maximum atomic E-state index is 14.3. The molecule has 5 rings (SSSR count). The lowest BCUT2D eigenvalue weighted by atomic mass is 9.96. The van der Waals surface area contributed by atoms with Crippen LogP contribution in [0.5, 0.6) is 17.2 Å². The molecule has 0 unspecified atom stereocenters. The Kier molecular flexibility index (Phi) is 9.51. The van der Waals surface area contributed by atoms with Gasteiger partial charge in [0.2, 0.25) is 0 Å². The van der Waals surface area contributed by atoms with Gasteiger partial charge in [-0.15, -0.1) is 0 Å². The van der Waals surface area contributed by atoms with E-state index in [2.05, 4.69) is 4.99 Å². The molecule has 0 fully saturated rings. The third-order valence-electron chi connectivity index (χ3n) is 6.95. The number of benzene rings is 3. The highest BCUT2D eigenvalue weighted by Gasteiger charge is 2.33. The van der Waals surface area contributed by atoms with Gasteiger partial charge in [0.05, 0.1) is 47.2 Å². The van der Waals surface area contributed by atoms with Gasteiger partial charge < -0.3 is 18.9 Å². The summed E-state index contributed by atoms with van der Waals surface area (Å²) in [6.45, 7) is 5.77. The number of carbonyl (C=O) groups excluding carboxylic acids is 1. The zero-order valence-corrected chi connectivity index (χ0v) is 26.1. The molecule has 3 aromatic carbocycles. The van der Waals surface area contributed by atoms with Crippen molar-refractivity contribution in [2.24, 2.45) is 4.99 Å². The molecule has 4 aromatic rings. The number of hydrogen-bond acceptors (Lipinski definition) is 8. The van der Waals surface area contributed by atoms with Gasteiger partial charge in [-0.05, 0) is 74.4 Å². The minimum absolute atomic E-state index is 0.0863. The summed E-state index contributed by atoms with van der Waals surface area (Å²) in [6.07, 6.45) is 1.73. The maximum absolute atomic E-state index is 14.3. The fourth-order valence-corrected chi connectivity index (χ4v) is 6.13. The molecule has 1 aromatic heterocycles. The monoisotopic (exact) mass is 636 g/mol. The first-order chi connectivity index (χ1) is 21.2. The summed E-state index contributed by atoms with van der Waals surface area (Å²) in [5, 5.41) is 0.268. The Morgan fingerprint density at radius 1 is 1.07 bits per heavy atom. The van der Waals surface area contributed by atoms with E-state index in [0.29, 0.717) is 55.6 Å². The first-order valence-corrected chi connectivity index (χ1v) is 15.1. The number of allylic oxidation sites excluding steroid dienone is 1. The summed E-state index contributed by atoms with van der Waals surface area (Å²) >= 11 is 7.37. The molecule has 1 aliphatic heterocycles. The number of aromatic nitrogens is 1. The van der Waals surface area contributed by atoms with Crippen LogP contribution in [0.25, 0.3) is 6.08 Å². The van der Waals surface area contributed by atoms with Crippen LogP contribution in [0.4, 0.5) is 4.39 Å². The minimum Gasteiger partial charge on any atom is -0.497 e. The summed E-state index contributed by atoms with van der Waals surface area (Å²) < 4.78 is 38.6. The van der Waals surface area contributed by atoms with Crippen molar-refractivity contribution in [1.82, 2.24) is 4.57 Å². The van der Waals surface area contributed by atoms with Gasteiger partial charge >= 0.3 is 5.97 Å². The van der Waals surface area contributed by atoms with Gasteiger partial charge in [-0.1, -0.05) is 47.2 Å². The van der Waals surface area contributed by atoms with Crippen molar-refractivity contribution < 1.29 is 28.1 Å². The average molecular weight is 637 g/mol. The number of esters is 1. The van der Waals surface area contributed by atoms with Crippen LogP contribution in [0.3, 0.4) is 0 Å². The van der Waals surface area contributed by atoms with E-state index in [0.717, 1.165) is 0 Å². The van der Waals surface area contributed by atoms with Crippen molar-refractivity contribution in [2.75, 3.05) is 20.3 Å². The molecule has 0 radical (unpaired) electrons. The third kappa shape index (κ3) is 6.27. The number of carbonyl (C=O) groups is 1. The normalized spacial score (nSPS) is 14.6. The molecule has 0 amide bonds. The number of hydrogen-bond donors (Lipinski definition) is 0. The van der Waals surface area contributed by atoms with Gasteiger partial charge in [-0.25, -0.2) is 14.2 Å². The highest BCUT2D eigenvalue weighted by Crippen LogP contribution is 2.33. The van der Waals surface area contributed by atoms with E-state index in [-0.39, 0.29) is 29.4 Å². The van der Waals surface area contributed by atoms with Gasteiger partial charge in [0.25, 0.3) is 5.56 Å². The van der Waals surface area contributed by atoms with Crippen LogP contribution < -0.4 is 29.1 Å². The molecule has 0 bridgehead atoms. The topological polar surface area (TPSA) is 88.4 Å². The fraction of sp³-hybridized carbons (Fsp3) is 0.242. The van der Waals surface area contributed by atoms with E-state index in [1.165, 1.54) is 28.0 Å². The number of rotatable bonds is 10. The Morgan fingerprint density at radius 3 is 2.52 bits per heavy atom. The van der Waals surface area contributed by atoms with Gasteiger partial charge in [-0.3, -0.25) is 9.36 Å². The summed E-state index contributed by atoms with van der Waals surface area (Å²) in [5.41, 5.74) is 2.10. The molecule has 11 heteroatoms. The van der Waals surface area contributed by atoms with Crippen molar-refractivity contribution in [3.05, 3.63) is 119 Å². The Balaban J connectivity index is 1.55. The number of nitrogens with zero attached hydrogens (tertiary/aromatic N) is 2. The van der Waals surface area contributed by atoms with Gasteiger partial charge in [0, 0.05) is 5.56 Å². The second-order valence-corrected chi connectivity index (χ2v) is 11.1. The van der Waals surface area contributed by atoms with E-state index in [1.54, 1.807) is 63.4 Å². The zero-order chi connectivity index (χ0) is 31.4. The van der Waals surface area contributed by atoms with Gasteiger partial charge in [0.15, 0.2) is 16.3 Å². The first-order valence-electron chi connectivity index (χ1n) is 13.9. The van der Waals surface area contributed by atoms with Crippen molar-refractivity contribution in [3.8, 4) is 17.2 Å². The second kappa shape index (κ2) is 13.5. The predicted octanol–water partition coefficient (Wildman–Crippen LogP) is 5.58. The van der Waals surface area contributed by atoms with Crippen LogP contribution in [0, 0.1) is 5.82 Å². The summed E-state index contributed by atoms with van der Waals surface area (Å²) in [7, 11) is 1.57. The predicted molar refractivity (Wildman–Crippen MR) is 167 cm³/mol. The summed E-state index contributed by atoms with van der Waals surface area (Å²) in [6, 6.07) is 16.1. The Morgan fingerprint density at radius 2 is 1.84 bits per heavy atom. The largest absolute Gasteiger partial charge is 0.497 e. The Labute approximate surface area is 262 Å². The molecular weight excluding hydrogens is 607 g/mol. The van der Waals surface area contributed by atoms with E-state index in [1.807, 2.05) is 19.1 Å². The molecule has 0 spiro atoms. The number of methoxy groups -OCH3 is 1. The van der Waals surface area contributed by atoms with Gasteiger partial charge in [-0.2, -0.15) is 0 Å². The third-order valence-corrected chi connectivity index (χ3v) is 8.28. The maximum Gasteiger partial charge on any atom is 0.338 e. The minimum atomic E-state index is -0.738. The summed E-state index contributed by atoms with van der Waals surface area (Å²) in [5.74, 6) is 0.486. The van der Waals surface area contributed by atoms with Crippen LogP contribution in [0.1, 0.15) is 43.5 Å².